The Labute approximate surface area is 117 Å². The summed E-state index contributed by atoms with van der Waals surface area (Å²) in [5.74, 6) is 0. The Bertz CT molecular complexity index is 580. The van der Waals surface area contributed by atoms with Gasteiger partial charge in [-0.05, 0) is 12.5 Å². The van der Waals surface area contributed by atoms with Gasteiger partial charge >= 0.3 is 0 Å². The molecule has 0 fully saturated rings. The number of benzene rings is 1. The largest absolute Gasteiger partial charge is 0.310 e. The van der Waals surface area contributed by atoms with Crippen molar-refractivity contribution in [3.63, 3.8) is 0 Å². The average molecular weight is 275 g/mol. The van der Waals surface area contributed by atoms with E-state index in [2.05, 4.69) is 11.2 Å². The zero-order valence-corrected chi connectivity index (χ0v) is 11.4. The second kappa shape index (κ2) is 5.43. The van der Waals surface area contributed by atoms with Crippen molar-refractivity contribution in [2.45, 2.75) is 25.4 Å². The van der Waals surface area contributed by atoms with E-state index >= 15 is 0 Å². The summed E-state index contributed by atoms with van der Waals surface area (Å²) >= 11 is 5.95. The van der Waals surface area contributed by atoms with E-state index in [0.29, 0.717) is 18.0 Å². The third-order valence-electron chi connectivity index (χ3n) is 3.11. The number of rotatable bonds is 4. The quantitative estimate of drug-likeness (QED) is 0.932. The smallest absolute Gasteiger partial charge is 0.131 e. The molecule has 0 amide bonds. The standard InChI is InChI=1S/C14H15ClN4/c1-11-13(15)9-19(18-11)8-7-14(17,10-16)12-5-3-2-4-6-12/h2-6,9H,7-8,17H2,1H3. The van der Waals surface area contributed by atoms with Crippen LogP contribution in [-0.2, 0) is 12.1 Å². The molecule has 1 aromatic heterocycles. The lowest BCUT2D eigenvalue weighted by Gasteiger charge is -2.21. The number of nitriles is 1. The Morgan fingerprint density at radius 1 is 1.42 bits per heavy atom. The Morgan fingerprint density at radius 2 is 2.11 bits per heavy atom. The maximum atomic E-state index is 9.35. The monoisotopic (exact) mass is 274 g/mol. The van der Waals surface area contributed by atoms with Gasteiger partial charge in [0.05, 0.1) is 16.8 Å². The fraction of sp³-hybridized carbons (Fsp3) is 0.286. The summed E-state index contributed by atoms with van der Waals surface area (Å²) < 4.78 is 1.72. The molecule has 0 spiro atoms. The molecule has 19 heavy (non-hydrogen) atoms. The molecule has 4 nitrogen and oxygen atoms in total. The van der Waals surface area contributed by atoms with Gasteiger partial charge in [0.15, 0.2) is 0 Å². The number of hydrogen-bond acceptors (Lipinski definition) is 3. The van der Waals surface area contributed by atoms with E-state index in [-0.39, 0.29) is 0 Å². The molecule has 0 aliphatic heterocycles. The Balaban J connectivity index is 2.14. The SMILES string of the molecule is Cc1nn(CCC(N)(C#N)c2ccccc2)cc1Cl. The van der Waals surface area contributed by atoms with Gasteiger partial charge in [-0.25, -0.2) is 0 Å². The van der Waals surface area contributed by atoms with E-state index in [0.717, 1.165) is 11.3 Å². The van der Waals surface area contributed by atoms with Crippen molar-refractivity contribution in [3.05, 3.63) is 52.8 Å². The van der Waals surface area contributed by atoms with Crippen molar-refractivity contribution < 1.29 is 0 Å². The molecule has 0 aliphatic rings. The van der Waals surface area contributed by atoms with E-state index in [9.17, 15) is 5.26 Å². The van der Waals surface area contributed by atoms with Crippen LogP contribution in [0, 0.1) is 18.3 Å². The predicted molar refractivity (Wildman–Crippen MR) is 74.5 cm³/mol. The van der Waals surface area contributed by atoms with Crippen LogP contribution < -0.4 is 5.73 Å². The van der Waals surface area contributed by atoms with E-state index < -0.39 is 5.54 Å². The van der Waals surface area contributed by atoms with Crippen molar-refractivity contribution in [2.75, 3.05) is 0 Å². The summed E-state index contributed by atoms with van der Waals surface area (Å²) in [6, 6.07) is 11.6. The molecule has 1 atom stereocenters. The third kappa shape index (κ3) is 2.95. The first kappa shape index (κ1) is 13.6. The van der Waals surface area contributed by atoms with E-state index in [4.69, 9.17) is 17.3 Å². The van der Waals surface area contributed by atoms with Crippen LogP contribution in [0.3, 0.4) is 0 Å². The van der Waals surface area contributed by atoms with Crippen LogP contribution in [0.2, 0.25) is 5.02 Å². The highest BCUT2D eigenvalue weighted by molar-refractivity contribution is 6.31. The molecule has 2 rings (SSSR count). The molecular weight excluding hydrogens is 260 g/mol. The van der Waals surface area contributed by atoms with Crippen LogP contribution in [-0.4, -0.2) is 9.78 Å². The second-order valence-corrected chi connectivity index (χ2v) is 4.93. The predicted octanol–water partition coefficient (Wildman–Crippen LogP) is 2.61. The van der Waals surface area contributed by atoms with Gasteiger partial charge in [-0.3, -0.25) is 4.68 Å². The number of hydrogen-bond donors (Lipinski definition) is 1. The molecule has 0 radical (unpaired) electrons. The van der Waals surface area contributed by atoms with Gasteiger partial charge in [-0.1, -0.05) is 41.9 Å². The van der Waals surface area contributed by atoms with Gasteiger partial charge in [0, 0.05) is 19.2 Å². The van der Waals surface area contributed by atoms with Gasteiger partial charge < -0.3 is 5.73 Å². The summed E-state index contributed by atoms with van der Waals surface area (Å²) in [5, 5.41) is 14.2. The fourth-order valence-electron chi connectivity index (χ4n) is 1.90. The van der Waals surface area contributed by atoms with Crippen LogP contribution in [0.4, 0.5) is 0 Å². The molecule has 1 aromatic carbocycles. The van der Waals surface area contributed by atoms with Crippen LogP contribution >= 0.6 is 11.6 Å². The number of nitrogens with zero attached hydrogens (tertiary/aromatic N) is 3. The maximum Gasteiger partial charge on any atom is 0.131 e. The lowest BCUT2D eigenvalue weighted by molar-refractivity contribution is 0.450. The summed E-state index contributed by atoms with van der Waals surface area (Å²) in [6.07, 6.45) is 2.23. The molecule has 5 heteroatoms. The highest BCUT2D eigenvalue weighted by Gasteiger charge is 2.26. The minimum Gasteiger partial charge on any atom is -0.310 e. The Kier molecular flexibility index (Phi) is 3.89. The van der Waals surface area contributed by atoms with Gasteiger partial charge in [0.2, 0.25) is 0 Å². The Hall–Kier alpha value is -1.83. The van der Waals surface area contributed by atoms with Crippen molar-refractivity contribution in [1.82, 2.24) is 9.78 Å². The molecule has 0 saturated carbocycles. The molecule has 98 valence electrons. The average Bonchev–Trinajstić information content (AvgIpc) is 2.76. The van der Waals surface area contributed by atoms with Crippen LogP contribution in [0.15, 0.2) is 36.5 Å². The lowest BCUT2D eigenvalue weighted by atomic mass is 9.89. The van der Waals surface area contributed by atoms with Crippen molar-refractivity contribution in [3.8, 4) is 6.07 Å². The highest BCUT2D eigenvalue weighted by atomic mass is 35.5. The minimum absolute atomic E-state index is 0.477. The van der Waals surface area contributed by atoms with Gasteiger partial charge in [-0.2, -0.15) is 10.4 Å². The normalized spacial score (nSPS) is 13.8. The highest BCUT2D eigenvalue weighted by Crippen LogP contribution is 2.22. The van der Waals surface area contributed by atoms with Crippen molar-refractivity contribution in [2.24, 2.45) is 5.73 Å². The molecule has 2 aromatic rings. The first-order valence-corrected chi connectivity index (χ1v) is 6.38. The summed E-state index contributed by atoms with van der Waals surface area (Å²) in [7, 11) is 0. The molecule has 1 heterocycles. The molecule has 2 N–H and O–H groups in total. The maximum absolute atomic E-state index is 9.35. The molecule has 0 aliphatic carbocycles. The molecule has 0 bridgehead atoms. The fourth-order valence-corrected chi connectivity index (χ4v) is 2.05. The first-order valence-electron chi connectivity index (χ1n) is 6.00. The molecule has 1 unspecified atom stereocenters. The minimum atomic E-state index is -1.01. The molecular formula is C14H15ClN4. The second-order valence-electron chi connectivity index (χ2n) is 4.52. The zero-order chi connectivity index (χ0) is 13.9. The van der Waals surface area contributed by atoms with E-state index in [1.807, 2.05) is 37.3 Å². The van der Waals surface area contributed by atoms with Gasteiger partial charge in [0.1, 0.15) is 5.54 Å². The number of aromatic nitrogens is 2. The number of nitrogens with two attached hydrogens (primary N) is 1. The summed E-state index contributed by atoms with van der Waals surface area (Å²) in [6.45, 7) is 2.39. The lowest BCUT2D eigenvalue weighted by Crippen LogP contribution is -2.36. The summed E-state index contributed by atoms with van der Waals surface area (Å²) in [5.41, 5.74) is 6.76. The Morgan fingerprint density at radius 3 is 2.63 bits per heavy atom. The third-order valence-corrected chi connectivity index (χ3v) is 3.48. The van der Waals surface area contributed by atoms with E-state index in [1.54, 1.807) is 10.9 Å². The zero-order valence-electron chi connectivity index (χ0n) is 10.7. The van der Waals surface area contributed by atoms with Crippen molar-refractivity contribution in [1.29, 1.82) is 5.26 Å². The number of aryl methyl sites for hydroxylation is 2. The summed E-state index contributed by atoms with van der Waals surface area (Å²) in [4.78, 5) is 0. The first-order chi connectivity index (χ1) is 9.05. The van der Waals surface area contributed by atoms with Crippen LogP contribution in [0.5, 0.6) is 0 Å². The van der Waals surface area contributed by atoms with Gasteiger partial charge in [-0.15, -0.1) is 0 Å². The van der Waals surface area contributed by atoms with E-state index in [1.165, 1.54) is 0 Å². The number of halogens is 1. The topological polar surface area (TPSA) is 67.6 Å². The van der Waals surface area contributed by atoms with Gasteiger partial charge in [0.25, 0.3) is 0 Å². The van der Waals surface area contributed by atoms with Crippen LogP contribution in [0.1, 0.15) is 17.7 Å². The van der Waals surface area contributed by atoms with Crippen molar-refractivity contribution >= 4 is 11.6 Å². The molecule has 0 saturated heterocycles. The van der Waals surface area contributed by atoms with Crippen LogP contribution in [0.25, 0.3) is 0 Å².